The number of fused-ring (bicyclic) bond motifs is 3. The zero-order chi connectivity index (χ0) is 37.5. The summed E-state index contributed by atoms with van der Waals surface area (Å²) in [5.41, 5.74) is 6.31. The summed E-state index contributed by atoms with van der Waals surface area (Å²) in [6.45, 7) is 14.0. The van der Waals surface area contributed by atoms with E-state index in [1.807, 2.05) is 43.5 Å². The van der Waals surface area contributed by atoms with Gasteiger partial charge in [0.15, 0.2) is 0 Å². The van der Waals surface area contributed by atoms with Crippen LogP contribution >= 0.6 is 11.3 Å². The molecule has 3 aromatic carbocycles. The van der Waals surface area contributed by atoms with Gasteiger partial charge in [-0.1, -0.05) is 99.2 Å². The molecule has 2 amide bonds. The van der Waals surface area contributed by atoms with Crippen molar-refractivity contribution in [3.63, 3.8) is 0 Å². The minimum absolute atomic E-state index is 0.0683. The van der Waals surface area contributed by atoms with Crippen molar-refractivity contribution >= 4 is 47.9 Å². The van der Waals surface area contributed by atoms with E-state index in [1.54, 1.807) is 11.3 Å². The standard InChI is InChI=1S/C45H51NO5SSi/c1-29(22-32-23-30(2)42(47)31(3)24-32)19-20-39-40-33(25-37-41(38(40)28-50-39)44(49)46(43(37)48)26-34-14-13-21-52-34)27-51-53(45(4,5)6,35-15-9-7-10-16-35)36-17-11-8-12-18-36/h7-18,21-24,37-39,41,47H,19-20,25-28H2,1-6H3/b29-22+/t37-,38+,39-,41-/m1/s1. The van der Waals surface area contributed by atoms with Crippen LogP contribution in [-0.2, 0) is 25.3 Å². The second-order valence-corrected chi connectivity index (χ2v) is 21.5. The van der Waals surface area contributed by atoms with E-state index in [1.165, 1.54) is 26.4 Å². The molecule has 0 saturated carbocycles. The fourth-order valence-electron chi connectivity index (χ4n) is 9.13. The Kier molecular flexibility index (Phi) is 10.5. The van der Waals surface area contributed by atoms with Crippen LogP contribution in [0.15, 0.2) is 107 Å². The van der Waals surface area contributed by atoms with Crippen molar-refractivity contribution in [2.75, 3.05) is 13.2 Å². The van der Waals surface area contributed by atoms with Crippen LogP contribution < -0.4 is 10.4 Å². The number of likely N-dealkylation sites (tertiary alicyclic amines) is 1. The topological polar surface area (TPSA) is 76.1 Å². The van der Waals surface area contributed by atoms with Crippen molar-refractivity contribution in [1.82, 2.24) is 4.90 Å². The Morgan fingerprint density at radius 3 is 2.17 bits per heavy atom. The average Bonchev–Trinajstić information content (AvgIpc) is 3.87. The van der Waals surface area contributed by atoms with Crippen LogP contribution in [0.1, 0.15) is 68.5 Å². The maximum Gasteiger partial charge on any atom is 0.261 e. The number of rotatable bonds is 11. The molecule has 2 fully saturated rings. The highest BCUT2D eigenvalue weighted by Gasteiger charge is 2.58. The molecule has 0 unspecified atom stereocenters. The third kappa shape index (κ3) is 7.03. The Hall–Kier alpha value is -4.08. The van der Waals surface area contributed by atoms with E-state index >= 15 is 0 Å². The summed E-state index contributed by atoms with van der Waals surface area (Å²) < 4.78 is 14.2. The lowest BCUT2D eigenvalue weighted by molar-refractivity contribution is -0.140. The van der Waals surface area contributed by atoms with E-state index in [2.05, 4.69) is 94.4 Å². The Bertz CT molecular complexity index is 1970. The second kappa shape index (κ2) is 15.0. The van der Waals surface area contributed by atoms with E-state index in [9.17, 15) is 14.7 Å². The molecule has 0 bridgehead atoms. The highest BCUT2D eigenvalue weighted by Crippen LogP contribution is 2.51. The van der Waals surface area contributed by atoms with Crippen LogP contribution in [0, 0.1) is 31.6 Å². The summed E-state index contributed by atoms with van der Waals surface area (Å²) in [7, 11) is -2.88. The van der Waals surface area contributed by atoms with Gasteiger partial charge in [0.05, 0.1) is 37.7 Å². The molecule has 3 heterocycles. The van der Waals surface area contributed by atoms with Gasteiger partial charge in [0.1, 0.15) is 5.75 Å². The minimum Gasteiger partial charge on any atom is -0.507 e. The number of thiophene rings is 1. The largest absolute Gasteiger partial charge is 0.507 e. The number of carbonyl (C=O) groups excluding carboxylic acids is 2. The number of carbonyl (C=O) groups is 2. The molecule has 1 N–H and O–H groups in total. The number of hydrogen-bond donors (Lipinski definition) is 1. The maximum absolute atomic E-state index is 14.2. The number of aryl methyl sites for hydroxylation is 2. The van der Waals surface area contributed by atoms with E-state index in [-0.39, 0.29) is 28.9 Å². The summed E-state index contributed by atoms with van der Waals surface area (Å²) in [4.78, 5) is 30.8. The monoisotopic (exact) mass is 745 g/mol. The van der Waals surface area contributed by atoms with E-state index in [0.29, 0.717) is 31.9 Å². The first kappa shape index (κ1) is 37.2. The molecule has 8 heteroatoms. The van der Waals surface area contributed by atoms with Gasteiger partial charge in [-0.25, -0.2) is 0 Å². The maximum atomic E-state index is 14.2. The van der Waals surface area contributed by atoms with Gasteiger partial charge in [0, 0.05) is 10.8 Å². The van der Waals surface area contributed by atoms with Gasteiger partial charge in [0.2, 0.25) is 11.8 Å². The molecule has 276 valence electrons. The van der Waals surface area contributed by atoms with Gasteiger partial charge >= 0.3 is 0 Å². The molecule has 1 aliphatic carbocycles. The van der Waals surface area contributed by atoms with Crippen LogP contribution in [0.5, 0.6) is 5.75 Å². The quantitative estimate of drug-likeness (QED) is 0.0950. The zero-order valence-electron chi connectivity index (χ0n) is 31.7. The molecule has 2 aliphatic heterocycles. The first-order chi connectivity index (χ1) is 25.4. The molecule has 4 aromatic rings. The summed E-state index contributed by atoms with van der Waals surface area (Å²) in [6, 6.07) is 29.3. The van der Waals surface area contributed by atoms with Crippen LogP contribution in [0.2, 0.25) is 5.04 Å². The molecule has 6 nitrogen and oxygen atoms in total. The Balaban J connectivity index is 1.24. The van der Waals surface area contributed by atoms with Crippen molar-refractivity contribution in [3.8, 4) is 5.75 Å². The SMILES string of the molecule is C/C(=C\c1cc(C)c(O)c(C)c1)CC[C@H]1OC[C@H]2C1=C(CO[Si](c1ccccc1)(c1ccccc1)C(C)(C)C)C[C@H]1C(=O)N(Cc3cccs3)C(=O)[C@H]12. The van der Waals surface area contributed by atoms with Crippen molar-refractivity contribution in [3.05, 3.63) is 129 Å². The van der Waals surface area contributed by atoms with Crippen molar-refractivity contribution < 1.29 is 23.9 Å². The smallest absolute Gasteiger partial charge is 0.261 e. The fourth-order valence-corrected chi connectivity index (χ4v) is 14.4. The molecule has 7 rings (SSSR count). The molecule has 4 atom stereocenters. The lowest BCUT2D eigenvalue weighted by Gasteiger charge is -2.44. The van der Waals surface area contributed by atoms with E-state index in [0.717, 1.165) is 40.0 Å². The number of nitrogens with zero attached hydrogens (tertiary/aromatic N) is 1. The van der Waals surface area contributed by atoms with Crippen molar-refractivity contribution in [2.24, 2.45) is 17.8 Å². The summed E-state index contributed by atoms with van der Waals surface area (Å²) in [5.74, 6) is -0.793. The molecular formula is C45H51NO5SSi. The lowest BCUT2D eigenvalue weighted by Crippen LogP contribution is -2.66. The predicted molar refractivity (Wildman–Crippen MR) is 216 cm³/mol. The van der Waals surface area contributed by atoms with Gasteiger partial charge in [-0.2, -0.15) is 0 Å². The van der Waals surface area contributed by atoms with E-state index < -0.39 is 20.2 Å². The normalized spacial score (nSPS) is 22.1. The third-order valence-electron chi connectivity index (χ3n) is 11.6. The van der Waals surface area contributed by atoms with Crippen LogP contribution in [-0.4, -0.2) is 49.5 Å². The average molecular weight is 746 g/mol. The first-order valence-electron chi connectivity index (χ1n) is 18.8. The molecule has 0 radical (unpaired) electrons. The van der Waals surface area contributed by atoms with Gasteiger partial charge in [-0.15, -0.1) is 11.3 Å². The van der Waals surface area contributed by atoms with Gasteiger partial charge < -0.3 is 14.3 Å². The van der Waals surface area contributed by atoms with Gasteiger partial charge in [-0.3, -0.25) is 14.5 Å². The Morgan fingerprint density at radius 2 is 1.58 bits per heavy atom. The van der Waals surface area contributed by atoms with E-state index in [4.69, 9.17) is 9.16 Å². The molecule has 53 heavy (non-hydrogen) atoms. The summed E-state index contributed by atoms with van der Waals surface area (Å²) in [6.07, 6.45) is 4.10. The third-order valence-corrected chi connectivity index (χ3v) is 17.4. The molecule has 0 spiro atoms. The number of hydrogen-bond acceptors (Lipinski definition) is 6. The van der Waals surface area contributed by atoms with Crippen LogP contribution in [0.4, 0.5) is 0 Å². The molecule has 3 aliphatic rings. The minimum atomic E-state index is -2.88. The van der Waals surface area contributed by atoms with Gasteiger partial charge in [0.25, 0.3) is 8.32 Å². The number of aromatic hydroxyl groups is 1. The Labute approximate surface area is 319 Å². The van der Waals surface area contributed by atoms with Crippen LogP contribution in [0.25, 0.3) is 6.08 Å². The second-order valence-electron chi connectivity index (χ2n) is 16.2. The van der Waals surface area contributed by atoms with Gasteiger partial charge in [-0.05, 0) is 107 Å². The summed E-state index contributed by atoms with van der Waals surface area (Å²) in [5, 5.41) is 14.5. The number of allylic oxidation sites excluding steroid dienone is 1. The van der Waals surface area contributed by atoms with Crippen molar-refractivity contribution in [1.29, 1.82) is 0 Å². The molecule has 2 saturated heterocycles. The highest BCUT2D eigenvalue weighted by molar-refractivity contribution is 7.09. The fraction of sp³-hybridized carbons (Fsp3) is 0.378. The Morgan fingerprint density at radius 1 is 0.943 bits per heavy atom. The predicted octanol–water partition coefficient (Wildman–Crippen LogP) is 8.35. The van der Waals surface area contributed by atoms with Crippen LogP contribution in [0.3, 0.4) is 0 Å². The number of phenolic OH excluding ortho intramolecular Hbond substituents is 1. The summed E-state index contributed by atoms with van der Waals surface area (Å²) >= 11 is 1.57. The highest BCUT2D eigenvalue weighted by atomic mass is 32.1. The number of benzene rings is 3. The first-order valence-corrected chi connectivity index (χ1v) is 21.6. The number of phenols is 1. The number of ether oxygens (including phenoxy) is 1. The van der Waals surface area contributed by atoms with Crippen molar-refractivity contribution in [2.45, 2.75) is 78.5 Å². The lowest BCUT2D eigenvalue weighted by atomic mass is 9.69. The number of imide groups is 1. The number of amides is 2. The molecular weight excluding hydrogens is 695 g/mol. The molecule has 1 aromatic heterocycles. The zero-order valence-corrected chi connectivity index (χ0v) is 33.5.